The first kappa shape index (κ1) is 11.5. The maximum atomic E-state index is 5.86. The van der Waals surface area contributed by atoms with Crippen molar-refractivity contribution in [3.63, 3.8) is 0 Å². The second-order valence-electron chi connectivity index (χ2n) is 3.77. The summed E-state index contributed by atoms with van der Waals surface area (Å²) in [5.74, 6) is 2.83. The fourth-order valence-electron chi connectivity index (χ4n) is 1.89. The van der Waals surface area contributed by atoms with Crippen LogP contribution in [0.15, 0.2) is 24.3 Å². The Morgan fingerprint density at radius 1 is 1.25 bits per heavy atom. The minimum Gasteiger partial charge on any atom is -0.379 e. The Hall–Kier alpha value is -1.01. The molecule has 0 N–H and O–H groups in total. The van der Waals surface area contributed by atoms with E-state index in [1.807, 2.05) is 24.3 Å². The van der Waals surface area contributed by atoms with Crippen LogP contribution < -0.4 is 0 Å². The van der Waals surface area contributed by atoms with E-state index in [-0.39, 0.29) is 6.04 Å². The summed E-state index contributed by atoms with van der Waals surface area (Å²) >= 11 is 5.86. The smallest absolute Gasteiger partial charge is 0.0969 e. The number of rotatable bonds is 2. The van der Waals surface area contributed by atoms with Crippen LogP contribution in [0.25, 0.3) is 0 Å². The Balaban J connectivity index is 2.15. The molecule has 0 spiro atoms. The first-order valence-electron chi connectivity index (χ1n) is 5.34. The minimum atomic E-state index is 0.0289. The van der Waals surface area contributed by atoms with E-state index in [2.05, 4.69) is 10.8 Å². The van der Waals surface area contributed by atoms with Gasteiger partial charge in [0.1, 0.15) is 0 Å². The van der Waals surface area contributed by atoms with Crippen molar-refractivity contribution in [1.29, 1.82) is 0 Å². The number of nitrogens with zero attached hydrogens (tertiary/aromatic N) is 1. The number of ether oxygens (including phenoxy) is 1. The van der Waals surface area contributed by atoms with E-state index in [0.717, 1.165) is 36.9 Å². The number of benzene rings is 1. The van der Waals surface area contributed by atoms with E-state index in [1.165, 1.54) is 0 Å². The standard InChI is InChI=1S/C13H14ClNO/c1-2-13(15-7-9-16-10-8-15)11-3-5-12(14)6-4-11/h1,3-6,13H,7-10H2. The molecule has 1 unspecified atom stereocenters. The van der Waals surface area contributed by atoms with Gasteiger partial charge in [0.25, 0.3) is 0 Å². The molecule has 1 aromatic carbocycles. The summed E-state index contributed by atoms with van der Waals surface area (Å²) in [5.41, 5.74) is 1.12. The third kappa shape index (κ3) is 2.56. The summed E-state index contributed by atoms with van der Waals surface area (Å²) in [6, 6.07) is 7.76. The van der Waals surface area contributed by atoms with Gasteiger partial charge >= 0.3 is 0 Å². The Bertz CT molecular complexity index is 376. The van der Waals surface area contributed by atoms with E-state index in [0.29, 0.717) is 0 Å². The third-order valence-corrected chi connectivity index (χ3v) is 3.01. The Labute approximate surface area is 101 Å². The molecule has 2 rings (SSSR count). The average Bonchev–Trinajstić information content (AvgIpc) is 2.34. The van der Waals surface area contributed by atoms with Gasteiger partial charge in [0.15, 0.2) is 0 Å². The summed E-state index contributed by atoms with van der Waals surface area (Å²) in [7, 11) is 0. The molecular formula is C13H14ClNO. The molecule has 1 aliphatic rings. The van der Waals surface area contributed by atoms with Crippen LogP contribution in [0.3, 0.4) is 0 Å². The minimum absolute atomic E-state index is 0.0289. The van der Waals surface area contributed by atoms with Gasteiger partial charge in [-0.25, -0.2) is 0 Å². The summed E-state index contributed by atoms with van der Waals surface area (Å²) in [5, 5.41) is 0.737. The van der Waals surface area contributed by atoms with E-state index in [1.54, 1.807) is 0 Å². The highest BCUT2D eigenvalue weighted by Gasteiger charge is 2.20. The number of morpholine rings is 1. The summed E-state index contributed by atoms with van der Waals surface area (Å²) in [6.45, 7) is 3.28. The maximum Gasteiger partial charge on any atom is 0.0969 e. The van der Waals surface area contributed by atoms with Crippen molar-refractivity contribution >= 4 is 11.6 Å². The van der Waals surface area contributed by atoms with Gasteiger partial charge in [-0.15, -0.1) is 6.42 Å². The van der Waals surface area contributed by atoms with Crippen molar-refractivity contribution in [2.75, 3.05) is 26.3 Å². The highest BCUT2D eigenvalue weighted by atomic mass is 35.5. The van der Waals surface area contributed by atoms with Gasteiger partial charge in [-0.1, -0.05) is 29.7 Å². The van der Waals surface area contributed by atoms with Crippen molar-refractivity contribution in [3.8, 4) is 12.3 Å². The zero-order chi connectivity index (χ0) is 11.4. The van der Waals surface area contributed by atoms with Crippen LogP contribution in [0, 0.1) is 12.3 Å². The van der Waals surface area contributed by atoms with Gasteiger partial charge in [0, 0.05) is 18.1 Å². The van der Waals surface area contributed by atoms with Gasteiger partial charge in [0.2, 0.25) is 0 Å². The van der Waals surface area contributed by atoms with Crippen LogP contribution in [-0.4, -0.2) is 31.2 Å². The highest BCUT2D eigenvalue weighted by Crippen LogP contribution is 2.22. The Kier molecular flexibility index (Phi) is 3.84. The zero-order valence-electron chi connectivity index (χ0n) is 9.03. The Morgan fingerprint density at radius 3 is 2.44 bits per heavy atom. The normalized spacial score (nSPS) is 19.0. The quantitative estimate of drug-likeness (QED) is 0.730. The van der Waals surface area contributed by atoms with Gasteiger partial charge in [-0.3, -0.25) is 4.90 Å². The molecule has 1 saturated heterocycles. The topological polar surface area (TPSA) is 12.5 Å². The van der Waals surface area contributed by atoms with E-state index in [9.17, 15) is 0 Å². The van der Waals surface area contributed by atoms with Gasteiger partial charge in [-0.05, 0) is 17.7 Å². The van der Waals surface area contributed by atoms with Crippen molar-refractivity contribution < 1.29 is 4.74 Å². The number of hydrogen-bond donors (Lipinski definition) is 0. The van der Waals surface area contributed by atoms with Crippen LogP contribution in [0.1, 0.15) is 11.6 Å². The summed E-state index contributed by atoms with van der Waals surface area (Å²) in [6.07, 6.45) is 5.61. The molecule has 1 aromatic rings. The van der Waals surface area contributed by atoms with E-state index in [4.69, 9.17) is 22.8 Å². The number of terminal acetylenes is 1. The van der Waals surface area contributed by atoms with Crippen molar-refractivity contribution in [1.82, 2.24) is 4.90 Å². The monoisotopic (exact) mass is 235 g/mol. The Morgan fingerprint density at radius 2 is 1.88 bits per heavy atom. The fraction of sp³-hybridized carbons (Fsp3) is 0.385. The summed E-state index contributed by atoms with van der Waals surface area (Å²) in [4.78, 5) is 2.26. The zero-order valence-corrected chi connectivity index (χ0v) is 9.78. The van der Waals surface area contributed by atoms with Crippen LogP contribution in [0.2, 0.25) is 5.02 Å². The lowest BCUT2D eigenvalue weighted by atomic mass is 10.1. The molecule has 0 saturated carbocycles. The summed E-state index contributed by atoms with van der Waals surface area (Å²) < 4.78 is 5.32. The van der Waals surface area contributed by atoms with Crippen molar-refractivity contribution in [2.45, 2.75) is 6.04 Å². The molecule has 0 radical (unpaired) electrons. The second-order valence-corrected chi connectivity index (χ2v) is 4.21. The molecule has 0 aliphatic carbocycles. The predicted octanol–water partition coefficient (Wildman–Crippen LogP) is 2.35. The molecule has 1 fully saturated rings. The van der Waals surface area contributed by atoms with E-state index >= 15 is 0 Å². The molecular weight excluding hydrogens is 222 g/mol. The van der Waals surface area contributed by atoms with Crippen LogP contribution >= 0.6 is 11.6 Å². The third-order valence-electron chi connectivity index (χ3n) is 2.75. The molecule has 2 nitrogen and oxygen atoms in total. The highest BCUT2D eigenvalue weighted by molar-refractivity contribution is 6.30. The fourth-order valence-corrected chi connectivity index (χ4v) is 2.02. The average molecular weight is 236 g/mol. The maximum absolute atomic E-state index is 5.86. The molecule has 1 heterocycles. The van der Waals surface area contributed by atoms with Crippen molar-refractivity contribution in [3.05, 3.63) is 34.9 Å². The van der Waals surface area contributed by atoms with E-state index < -0.39 is 0 Å². The molecule has 1 aliphatic heterocycles. The van der Waals surface area contributed by atoms with Crippen LogP contribution in [0.5, 0.6) is 0 Å². The molecule has 1 atom stereocenters. The first-order chi connectivity index (χ1) is 7.81. The molecule has 16 heavy (non-hydrogen) atoms. The predicted molar refractivity (Wildman–Crippen MR) is 65.4 cm³/mol. The van der Waals surface area contributed by atoms with Gasteiger partial charge < -0.3 is 4.74 Å². The molecule has 3 heteroatoms. The van der Waals surface area contributed by atoms with Crippen molar-refractivity contribution in [2.24, 2.45) is 0 Å². The van der Waals surface area contributed by atoms with Crippen LogP contribution in [0.4, 0.5) is 0 Å². The van der Waals surface area contributed by atoms with Gasteiger partial charge in [0.05, 0.1) is 19.3 Å². The second kappa shape index (κ2) is 5.36. The lowest BCUT2D eigenvalue weighted by Crippen LogP contribution is -2.38. The number of hydrogen-bond acceptors (Lipinski definition) is 2. The first-order valence-corrected chi connectivity index (χ1v) is 5.72. The number of halogens is 1. The molecule has 0 aromatic heterocycles. The van der Waals surface area contributed by atoms with Gasteiger partial charge in [-0.2, -0.15) is 0 Å². The van der Waals surface area contributed by atoms with Crippen LogP contribution in [-0.2, 0) is 4.74 Å². The lowest BCUT2D eigenvalue weighted by molar-refractivity contribution is 0.0270. The molecule has 0 amide bonds. The largest absolute Gasteiger partial charge is 0.379 e. The molecule has 84 valence electrons. The SMILES string of the molecule is C#CC(c1ccc(Cl)cc1)N1CCOCC1. The molecule has 0 bridgehead atoms. The lowest BCUT2D eigenvalue weighted by Gasteiger charge is -2.31.